The Labute approximate surface area is 110 Å². The molecule has 0 aliphatic carbocycles. The molecule has 0 saturated heterocycles. The van der Waals surface area contributed by atoms with Crippen molar-refractivity contribution in [2.45, 2.75) is 6.42 Å². The van der Waals surface area contributed by atoms with Crippen LogP contribution in [0.15, 0.2) is 48.8 Å². The lowest BCUT2D eigenvalue weighted by atomic mass is 10.1. The largest absolute Gasteiger partial charge is 0.508 e. The molecule has 0 amide bonds. The Bertz CT molecular complexity index is 729. The summed E-state index contributed by atoms with van der Waals surface area (Å²) < 4.78 is 1.91. The third-order valence-electron chi connectivity index (χ3n) is 3.06. The van der Waals surface area contributed by atoms with Crippen molar-refractivity contribution in [3.05, 3.63) is 65.7 Å². The van der Waals surface area contributed by atoms with E-state index >= 15 is 0 Å². The van der Waals surface area contributed by atoms with Crippen molar-refractivity contribution in [2.24, 2.45) is 0 Å². The number of aromatic nitrogens is 2. The number of aldehydes is 1. The Morgan fingerprint density at radius 1 is 1.16 bits per heavy atom. The molecule has 3 aromatic rings. The predicted octanol–water partition coefficient (Wildman–Crippen LogP) is 2.44. The van der Waals surface area contributed by atoms with Crippen LogP contribution < -0.4 is 0 Å². The minimum atomic E-state index is 0.250. The number of hydrogen-bond donors (Lipinski definition) is 1. The highest BCUT2D eigenvalue weighted by Crippen LogP contribution is 2.15. The van der Waals surface area contributed by atoms with Gasteiger partial charge >= 0.3 is 0 Å². The molecule has 0 atom stereocenters. The second-order valence-corrected chi connectivity index (χ2v) is 4.39. The van der Waals surface area contributed by atoms with Crippen molar-refractivity contribution in [2.75, 3.05) is 0 Å². The van der Waals surface area contributed by atoms with Gasteiger partial charge in [-0.15, -0.1) is 0 Å². The maximum atomic E-state index is 10.8. The second kappa shape index (κ2) is 4.57. The first-order chi connectivity index (χ1) is 9.26. The van der Waals surface area contributed by atoms with Crippen LogP contribution in [0.1, 0.15) is 21.7 Å². The van der Waals surface area contributed by atoms with Crippen molar-refractivity contribution in [1.29, 1.82) is 0 Å². The molecule has 0 saturated carbocycles. The van der Waals surface area contributed by atoms with E-state index in [2.05, 4.69) is 4.98 Å². The zero-order valence-electron chi connectivity index (χ0n) is 10.2. The van der Waals surface area contributed by atoms with Crippen LogP contribution in [0.2, 0.25) is 0 Å². The molecule has 2 aromatic heterocycles. The molecular weight excluding hydrogens is 240 g/mol. The quantitative estimate of drug-likeness (QED) is 0.728. The van der Waals surface area contributed by atoms with Gasteiger partial charge in [0.2, 0.25) is 0 Å². The molecule has 0 aliphatic heterocycles. The fraction of sp³-hybridized carbons (Fsp3) is 0.0667. The number of nitrogens with zero attached hydrogens (tertiary/aromatic N) is 2. The second-order valence-electron chi connectivity index (χ2n) is 4.39. The summed E-state index contributed by atoms with van der Waals surface area (Å²) in [6, 6.07) is 10.7. The number of phenolic OH excluding ortho intramolecular Hbond substituents is 1. The van der Waals surface area contributed by atoms with Crippen LogP contribution in [0.25, 0.3) is 5.52 Å². The molecule has 0 aliphatic rings. The molecule has 0 bridgehead atoms. The minimum absolute atomic E-state index is 0.250. The van der Waals surface area contributed by atoms with Gasteiger partial charge in [0, 0.05) is 18.2 Å². The number of imidazole rings is 1. The molecule has 4 nitrogen and oxygen atoms in total. The lowest BCUT2D eigenvalue weighted by molar-refractivity contribution is 0.112. The van der Waals surface area contributed by atoms with Gasteiger partial charge in [-0.2, -0.15) is 0 Å². The van der Waals surface area contributed by atoms with E-state index in [1.807, 2.05) is 22.6 Å². The average Bonchev–Trinajstić information content (AvgIpc) is 2.84. The molecule has 4 heteroatoms. The fourth-order valence-corrected chi connectivity index (χ4v) is 2.06. The number of rotatable bonds is 3. The summed E-state index contributed by atoms with van der Waals surface area (Å²) in [5, 5.41) is 9.26. The van der Waals surface area contributed by atoms with E-state index in [4.69, 9.17) is 0 Å². The predicted molar refractivity (Wildman–Crippen MR) is 71.5 cm³/mol. The maximum absolute atomic E-state index is 10.8. The first kappa shape index (κ1) is 11.5. The van der Waals surface area contributed by atoms with E-state index in [0.717, 1.165) is 23.2 Å². The molecule has 1 N–H and O–H groups in total. The number of benzene rings is 1. The average molecular weight is 252 g/mol. The fourth-order valence-electron chi connectivity index (χ4n) is 2.06. The van der Waals surface area contributed by atoms with Gasteiger partial charge in [0.1, 0.15) is 11.6 Å². The zero-order chi connectivity index (χ0) is 13.2. The van der Waals surface area contributed by atoms with Gasteiger partial charge in [-0.25, -0.2) is 4.98 Å². The molecule has 3 rings (SSSR count). The van der Waals surface area contributed by atoms with Crippen LogP contribution in [0.3, 0.4) is 0 Å². The van der Waals surface area contributed by atoms with Crippen molar-refractivity contribution in [3.63, 3.8) is 0 Å². The highest BCUT2D eigenvalue weighted by molar-refractivity contribution is 5.75. The Morgan fingerprint density at radius 3 is 2.68 bits per heavy atom. The lowest BCUT2D eigenvalue weighted by Crippen LogP contribution is -1.97. The van der Waals surface area contributed by atoms with E-state index in [-0.39, 0.29) is 5.75 Å². The molecular formula is C15H12N2O2. The van der Waals surface area contributed by atoms with Crippen LogP contribution in [-0.2, 0) is 6.42 Å². The SMILES string of the molecule is O=Cc1ccc2cnc(Cc3ccc(O)cc3)n2c1. The van der Waals surface area contributed by atoms with Crippen LogP contribution in [-0.4, -0.2) is 20.8 Å². The van der Waals surface area contributed by atoms with Crippen molar-refractivity contribution in [1.82, 2.24) is 9.38 Å². The summed E-state index contributed by atoms with van der Waals surface area (Å²) in [5.41, 5.74) is 2.64. The normalized spacial score (nSPS) is 10.7. The Kier molecular flexibility index (Phi) is 2.76. The first-order valence-corrected chi connectivity index (χ1v) is 5.95. The number of fused-ring (bicyclic) bond motifs is 1. The van der Waals surface area contributed by atoms with Gasteiger partial charge in [-0.3, -0.25) is 4.79 Å². The van der Waals surface area contributed by atoms with Gasteiger partial charge in [-0.1, -0.05) is 12.1 Å². The monoisotopic (exact) mass is 252 g/mol. The molecule has 2 heterocycles. The molecule has 0 radical (unpaired) electrons. The minimum Gasteiger partial charge on any atom is -0.508 e. The van der Waals surface area contributed by atoms with Crippen molar-refractivity contribution in [3.8, 4) is 5.75 Å². The van der Waals surface area contributed by atoms with Crippen LogP contribution in [0, 0.1) is 0 Å². The van der Waals surface area contributed by atoms with E-state index in [0.29, 0.717) is 12.0 Å². The summed E-state index contributed by atoms with van der Waals surface area (Å²) >= 11 is 0. The molecule has 19 heavy (non-hydrogen) atoms. The summed E-state index contributed by atoms with van der Waals surface area (Å²) in [5.74, 6) is 1.12. The third-order valence-corrected chi connectivity index (χ3v) is 3.06. The summed E-state index contributed by atoms with van der Waals surface area (Å²) in [6.45, 7) is 0. The lowest BCUT2D eigenvalue weighted by Gasteiger charge is -2.03. The highest BCUT2D eigenvalue weighted by Gasteiger charge is 2.05. The number of carbonyl (C=O) groups excluding carboxylic acids is 1. The third kappa shape index (κ3) is 2.20. The standard InChI is InChI=1S/C15H12N2O2/c18-10-12-1-4-13-8-16-15(17(13)9-12)7-11-2-5-14(19)6-3-11/h1-6,8-10,19H,7H2. The highest BCUT2D eigenvalue weighted by atomic mass is 16.3. The molecule has 0 unspecified atom stereocenters. The van der Waals surface area contributed by atoms with E-state index in [1.165, 1.54) is 0 Å². The van der Waals surface area contributed by atoms with Crippen LogP contribution in [0.4, 0.5) is 0 Å². The van der Waals surface area contributed by atoms with Crippen molar-refractivity contribution >= 4 is 11.8 Å². The Balaban J connectivity index is 2.00. The molecule has 0 spiro atoms. The van der Waals surface area contributed by atoms with Gasteiger partial charge < -0.3 is 9.51 Å². The summed E-state index contributed by atoms with van der Waals surface area (Å²) in [6.07, 6.45) is 5.04. The van der Waals surface area contributed by atoms with Crippen LogP contribution >= 0.6 is 0 Å². The van der Waals surface area contributed by atoms with Crippen LogP contribution in [0.5, 0.6) is 5.75 Å². The summed E-state index contributed by atoms with van der Waals surface area (Å²) in [7, 11) is 0. The maximum Gasteiger partial charge on any atom is 0.151 e. The zero-order valence-corrected chi connectivity index (χ0v) is 10.2. The van der Waals surface area contributed by atoms with E-state index in [1.54, 1.807) is 30.6 Å². The smallest absolute Gasteiger partial charge is 0.151 e. The molecule has 1 aromatic carbocycles. The van der Waals surface area contributed by atoms with E-state index < -0.39 is 0 Å². The molecule has 0 fully saturated rings. The number of aromatic hydroxyl groups is 1. The molecule has 94 valence electrons. The van der Waals surface area contributed by atoms with Gasteiger partial charge in [0.05, 0.1) is 11.7 Å². The summed E-state index contributed by atoms with van der Waals surface area (Å²) in [4.78, 5) is 15.2. The number of pyridine rings is 1. The van der Waals surface area contributed by atoms with Crippen molar-refractivity contribution < 1.29 is 9.90 Å². The van der Waals surface area contributed by atoms with Gasteiger partial charge in [-0.05, 0) is 29.8 Å². The van der Waals surface area contributed by atoms with Gasteiger partial charge in [0.25, 0.3) is 0 Å². The number of carbonyl (C=O) groups is 1. The Morgan fingerprint density at radius 2 is 1.95 bits per heavy atom. The first-order valence-electron chi connectivity index (χ1n) is 5.95. The number of hydrogen-bond acceptors (Lipinski definition) is 3. The van der Waals surface area contributed by atoms with E-state index in [9.17, 15) is 9.90 Å². The Hall–Kier alpha value is -2.62. The topological polar surface area (TPSA) is 54.6 Å². The van der Waals surface area contributed by atoms with Gasteiger partial charge in [0.15, 0.2) is 6.29 Å². The number of phenols is 1.